The number of amides is 2. The van der Waals surface area contributed by atoms with Crippen molar-refractivity contribution in [1.29, 1.82) is 0 Å². The molecule has 2 aromatic carbocycles. The van der Waals surface area contributed by atoms with Gasteiger partial charge in [-0.25, -0.2) is 9.59 Å². The van der Waals surface area contributed by atoms with Gasteiger partial charge >= 0.3 is 12.1 Å². The van der Waals surface area contributed by atoms with E-state index in [0.717, 1.165) is 11.1 Å². The highest BCUT2D eigenvalue weighted by molar-refractivity contribution is 5.87. The summed E-state index contributed by atoms with van der Waals surface area (Å²) in [5.41, 5.74) is 5.10. The van der Waals surface area contributed by atoms with Gasteiger partial charge in [0.2, 0.25) is 5.91 Å². The van der Waals surface area contributed by atoms with Gasteiger partial charge in [0.15, 0.2) is 5.69 Å². The van der Waals surface area contributed by atoms with Crippen molar-refractivity contribution in [3.63, 3.8) is 0 Å². The first kappa shape index (κ1) is 23.0. The number of rotatable bonds is 9. The van der Waals surface area contributed by atoms with Gasteiger partial charge < -0.3 is 20.5 Å². The largest absolute Gasteiger partial charge is 0.477 e. The summed E-state index contributed by atoms with van der Waals surface area (Å²) in [6, 6.07) is 16.3. The number of fused-ring (bicyclic) bond motifs is 3. The highest BCUT2D eigenvalue weighted by Crippen LogP contribution is 2.44. The predicted molar refractivity (Wildman–Crippen MR) is 124 cm³/mol. The summed E-state index contributed by atoms with van der Waals surface area (Å²) >= 11 is 0. The number of carbonyl (C=O) groups excluding carboxylic acids is 2. The monoisotopic (exact) mass is 462 g/mol. The van der Waals surface area contributed by atoms with Crippen molar-refractivity contribution in [3.05, 3.63) is 77.1 Å². The van der Waals surface area contributed by atoms with Gasteiger partial charge in [-0.1, -0.05) is 48.5 Å². The lowest BCUT2D eigenvalue weighted by Crippen LogP contribution is -2.29. The number of carboxylic acid groups (broad SMARTS) is 1. The molecule has 0 unspecified atom stereocenters. The molecule has 1 heterocycles. The number of hydrogen-bond donors (Lipinski definition) is 3. The van der Waals surface area contributed by atoms with Gasteiger partial charge in [-0.2, -0.15) is 5.10 Å². The van der Waals surface area contributed by atoms with E-state index in [-0.39, 0.29) is 43.6 Å². The quantitative estimate of drug-likeness (QED) is 0.420. The first-order valence-corrected chi connectivity index (χ1v) is 11.1. The number of aryl methyl sites for hydroxylation is 1. The van der Waals surface area contributed by atoms with Gasteiger partial charge in [-0.3, -0.25) is 9.48 Å². The van der Waals surface area contributed by atoms with Crippen LogP contribution in [-0.4, -0.2) is 46.0 Å². The van der Waals surface area contributed by atoms with E-state index >= 15 is 0 Å². The van der Waals surface area contributed by atoms with Crippen molar-refractivity contribution in [2.75, 3.05) is 13.2 Å². The Morgan fingerprint density at radius 1 is 1.03 bits per heavy atom. The molecule has 1 aliphatic rings. The van der Waals surface area contributed by atoms with Gasteiger partial charge in [0, 0.05) is 38.0 Å². The topological polar surface area (TPSA) is 123 Å². The molecule has 1 aliphatic carbocycles. The molecule has 176 valence electrons. The fourth-order valence-electron chi connectivity index (χ4n) is 4.26. The van der Waals surface area contributed by atoms with E-state index in [4.69, 9.17) is 4.74 Å². The van der Waals surface area contributed by atoms with Crippen molar-refractivity contribution >= 4 is 18.0 Å². The maximum Gasteiger partial charge on any atom is 0.407 e. The Kier molecular flexibility index (Phi) is 6.91. The number of carbonyl (C=O) groups is 3. The van der Waals surface area contributed by atoms with Gasteiger partial charge in [-0.15, -0.1) is 0 Å². The van der Waals surface area contributed by atoms with Crippen molar-refractivity contribution < 1.29 is 24.2 Å². The molecule has 34 heavy (non-hydrogen) atoms. The van der Waals surface area contributed by atoms with E-state index in [2.05, 4.69) is 40.0 Å². The number of alkyl carbamates (subject to hydrolysis) is 1. The van der Waals surface area contributed by atoms with E-state index < -0.39 is 12.1 Å². The molecular formula is C25H26N4O5. The lowest BCUT2D eigenvalue weighted by atomic mass is 9.98. The smallest absolute Gasteiger partial charge is 0.407 e. The fraction of sp³-hybridized carbons (Fsp3) is 0.280. The maximum absolute atomic E-state index is 12.2. The molecule has 3 aromatic rings. The van der Waals surface area contributed by atoms with E-state index in [0.29, 0.717) is 12.0 Å². The van der Waals surface area contributed by atoms with Crippen molar-refractivity contribution in [2.45, 2.75) is 25.3 Å². The van der Waals surface area contributed by atoms with Crippen LogP contribution in [0.15, 0.2) is 54.7 Å². The van der Waals surface area contributed by atoms with Crippen LogP contribution in [-0.2, 0) is 23.1 Å². The Bertz CT molecular complexity index is 1170. The SMILES string of the molecule is Cn1ncc(CNC(=O)CCCNC(=O)OCC2c3ccccc3-c3ccccc32)c1C(=O)O. The molecule has 0 aliphatic heterocycles. The van der Waals surface area contributed by atoms with Crippen LogP contribution < -0.4 is 10.6 Å². The summed E-state index contributed by atoms with van der Waals surface area (Å²) in [4.78, 5) is 35.5. The van der Waals surface area contributed by atoms with Gasteiger partial charge in [0.1, 0.15) is 6.61 Å². The number of hydrogen-bond acceptors (Lipinski definition) is 5. The molecule has 0 bridgehead atoms. The van der Waals surface area contributed by atoms with Crippen LogP contribution in [0.5, 0.6) is 0 Å². The Morgan fingerprint density at radius 3 is 2.32 bits per heavy atom. The normalized spacial score (nSPS) is 12.0. The number of ether oxygens (including phenoxy) is 1. The van der Waals surface area contributed by atoms with Crippen LogP contribution in [0.4, 0.5) is 4.79 Å². The predicted octanol–water partition coefficient (Wildman–Crippen LogP) is 3.05. The molecule has 0 spiro atoms. The molecule has 9 heteroatoms. The Morgan fingerprint density at radius 2 is 1.68 bits per heavy atom. The van der Waals surface area contributed by atoms with Crippen LogP contribution in [0.2, 0.25) is 0 Å². The summed E-state index contributed by atoms with van der Waals surface area (Å²) < 4.78 is 6.73. The third kappa shape index (κ3) is 4.93. The number of carboxylic acids is 1. The number of nitrogens with one attached hydrogen (secondary N) is 2. The molecular weight excluding hydrogens is 436 g/mol. The fourth-order valence-corrected chi connectivity index (χ4v) is 4.26. The summed E-state index contributed by atoms with van der Waals surface area (Å²) in [6.45, 7) is 0.600. The van der Waals surface area contributed by atoms with Crippen LogP contribution in [0.25, 0.3) is 11.1 Å². The van der Waals surface area contributed by atoms with Crippen LogP contribution in [0.3, 0.4) is 0 Å². The standard InChI is InChI=1S/C25H26N4O5/c1-29-23(24(31)32)16(14-28-29)13-27-22(30)11-6-12-26-25(33)34-15-21-19-9-4-2-7-17(19)18-8-3-5-10-20(18)21/h2-5,7-10,14,21H,6,11-13,15H2,1H3,(H,26,33)(H,27,30)(H,31,32). The molecule has 0 fully saturated rings. The average molecular weight is 463 g/mol. The lowest BCUT2D eigenvalue weighted by molar-refractivity contribution is -0.121. The number of aromatic nitrogens is 2. The first-order valence-electron chi connectivity index (χ1n) is 11.1. The Hall–Kier alpha value is -4.14. The number of nitrogens with zero attached hydrogens (tertiary/aromatic N) is 2. The zero-order chi connectivity index (χ0) is 24.1. The minimum Gasteiger partial charge on any atom is -0.477 e. The van der Waals surface area contributed by atoms with E-state index in [1.165, 1.54) is 29.1 Å². The first-order chi connectivity index (χ1) is 16.5. The summed E-state index contributed by atoms with van der Waals surface area (Å²) in [5.74, 6) is -1.35. The second-order valence-corrected chi connectivity index (χ2v) is 8.08. The molecule has 0 radical (unpaired) electrons. The highest BCUT2D eigenvalue weighted by atomic mass is 16.5. The van der Waals surface area contributed by atoms with E-state index in [1.54, 1.807) is 0 Å². The van der Waals surface area contributed by atoms with E-state index in [1.807, 2.05) is 24.3 Å². The van der Waals surface area contributed by atoms with Crippen molar-refractivity contribution in [2.24, 2.45) is 7.05 Å². The van der Waals surface area contributed by atoms with Crippen molar-refractivity contribution in [3.8, 4) is 11.1 Å². The molecule has 2 amide bonds. The molecule has 0 atom stereocenters. The summed E-state index contributed by atoms with van der Waals surface area (Å²) in [6.07, 6.45) is 1.51. The molecule has 1 aromatic heterocycles. The third-order valence-electron chi connectivity index (χ3n) is 5.89. The molecule has 4 rings (SSSR count). The van der Waals surface area contributed by atoms with Crippen LogP contribution in [0, 0.1) is 0 Å². The van der Waals surface area contributed by atoms with Crippen LogP contribution >= 0.6 is 0 Å². The number of benzene rings is 2. The second-order valence-electron chi connectivity index (χ2n) is 8.08. The lowest BCUT2D eigenvalue weighted by Gasteiger charge is -2.14. The minimum atomic E-state index is -1.10. The van der Waals surface area contributed by atoms with Crippen LogP contribution in [0.1, 0.15) is 45.9 Å². The average Bonchev–Trinajstić information content (AvgIpc) is 3.36. The zero-order valence-electron chi connectivity index (χ0n) is 18.8. The minimum absolute atomic E-state index is 0.00732. The zero-order valence-corrected chi connectivity index (χ0v) is 18.8. The molecule has 0 saturated carbocycles. The molecule has 9 nitrogen and oxygen atoms in total. The van der Waals surface area contributed by atoms with Gasteiger partial charge in [0.25, 0.3) is 0 Å². The molecule has 3 N–H and O–H groups in total. The van der Waals surface area contributed by atoms with Gasteiger partial charge in [0.05, 0.1) is 6.20 Å². The second kappa shape index (κ2) is 10.2. The molecule has 0 saturated heterocycles. The Balaban J connectivity index is 1.19. The summed E-state index contributed by atoms with van der Waals surface area (Å²) in [7, 11) is 1.53. The van der Waals surface area contributed by atoms with Gasteiger partial charge in [-0.05, 0) is 28.7 Å². The van der Waals surface area contributed by atoms with Crippen molar-refractivity contribution in [1.82, 2.24) is 20.4 Å². The maximum atomic E-state index is 12.2. The summed E-state index contributed by atoms with van der Waals surface area (Å²) in [5, 5.41) is 18.5. The van der Waals surface area contributed by atoms with E-state index in [9.17, 15) is 19.5 Å². The third-order valence-corrected chi connectivity index (χ3v) is 5.89. The highest BCUT2D eigenvalue weighted by Gasteiger charge is 2.28. The number of aromatic carboxylic acids is 1. The Labute approximate surface area is 196 Å².